The molecule has 0 saturated carbocycles. The molecule has 0 aliphatic carbocycles. The third kappa shape index (κ3) is 3.59. The van der Waals surface area contributed by atoms with Gasteiger partial charge in [-0.1, -0.05) is 6.92 Å². The van der Waals surface area contributed by atoms with E-state index in [-0.39, 0.29) is 18.2 Å². The summed E-state index contributed by atoms with van der Waals surface area (Å²) in [4.78, 5) is 4.76. The first-order valence-electron chi connectivity index (χ1n) is 8.40. The van der Waals surface area contributed by atoms with Crippen molar-refractivity contribution in [2.75, 3.05) is 19.7 Å². The number of nitrogens with zero attached hydrogens (tertiary/aromatic N) is 1. The number of alkyl halides is 3. The molecule has 2 atom stereocenters. The molecule has 0 aromatic carbocycles. The minimum atomic E-state index is -4.08. The Morgan fingerprint density at radius 1 is 1.43 bits per heavy atom. The molecule has 6 heteroatoms. The molecule has 1 spiro atoms. The molecule has 1 fully saturated rings. The van der Waals surface area contributed by atoms with Gasteiger partial charge in [-0.15, -0.1) is 11.3 Å². The Morgan fingerprint density at radius 3 is 2.87 bits per heavy atom. The fourth-order valence-corrected chi connectivity index (χ4v) is 5.06. The molecule has 3 rings (SSSR count). The van der Waals surface area contributed by atoms with E-state index in [9.17, 15) is 13.2 Å². The molecular formula is C17H24F3NOS. The zero-order valence-electron chi connectivity index (χ0n) is 13.7. The van der Waals surface area contributed by atoms with Gasteiger partial charge in [-0.05, 0) is 37.8 Å². The van der Waals surface area contributed by atoms with Gasteiger partial charge in [-0.3, -0.25) is 0 Å². The lowest BCUT2D eigenvalue weighted by Crippen LogP contribution is -2.51. The molecule has 0 amide bonds. The van der Waals surface area contributed by atoms with E-state index in [1.807, 2.05) is 23.2 Å². The van der Waals surface area contributed by atoms with Crippen molar-refractivity contribution in [2.24, 2.45) is 0 Å². The van der Waals surface area contributed by atoms with Gasteiger partial charge in [0.1, 0.15) is 0 Å². The first kappa shape index (κ1) is 17.2. The van der Waals surface area contributed by atoms with Gasteiger partial charge in [0.05, 0.1) is 18.6 Å². The summed E-state index contributed by atoms with van der Waals surface area (Å²) in [7, 11) is 0. The van der Waals surface area contributed by atoms with Crippen LogP contribution in [-0.4, -0.2) is 36.8 Å². The average molecular weight is 347 g/mol. The minimum Gasteiger partial charge on any atom is -0.370 e. The smallest absolute Gasteiger partial charge is 0.370 e. The van der Waals surface area contributed by atoms with Gasteiger partial charge < -0.3 is 9.64 Å². The number of aryl methyl sites for hydroxylation is 1. The van der Waals surface area contributed by atoms with E-state index >= 15 is 0 Å². The van der Waals surface area contributed by atoms with E-state index in [0.717, 1.165) is 32.3 Å². The molecule has 2 aliphatic rings. The van der Waals surface area contributed by atoms with Crippen LogP contribution in [0.25, 0.3) is 0 Å². The van der Waals surface area contributed by atoms with Gasteiger partial charge in [0.2, 0.25) is 0 Å². The summed E-state index contributed by atoms with van der Waals surface area (Å²) in [5.41, 5.74) is 1.04. The van der Waals surface area contributed by atoms with Crippen LogP contribution in [0.5, 0.6) is 0 Å². The summed E-state index contributed by atoms with van der Waals surface area (Å²) in [5.74, 6) is 0. The molecule has 0 bridgehead atoms. The summed E-state index contributed by atoms with van der Waals surface area (Å²) in [6, 6.07) is 2.39. The number of likely N-dealkylation sites (tertiary alicyclic amines) is 1. The second-order valence-corrected chi connectivity index (χ2v) is 7.92. The van der Waals surface area contributed by atoms with Crippen molar-refractivity contribution < 1.29 is 17.9 Å². The van der Waals surface area contributed by atoms with Crippen molar-refractivity contribution in [3.63, 3.8) is 0 Å². The monoisotopic (exact) mass is 347 g/mol. The highest BCUT2D eigenvalue weighted by atomic mass is 32.1. The number of piperidine rings is 1. The standard InChI is InChI=1S/C17H24F3NOS/c1-3-13-10-14-15(23-13)4-9-22-16(14)5-7-21(12(2)11-16)8-6-17(18,19)20/h10,12H,3-9,11H2,1-2H3/t12-,16+/m0/s1. The van der Waals surface area contributed by atoms with Gasteiger partial charge in [0.25, 0.3) is 0 Å². The normalized spacial score (nSPS) is 29.0. The molecule has 1 aromatic rings. The van der Waals surface area contributed by atoms with Crippen LogP contribution in [0.15, 0.2) is 6.07 Å². The maximum absolute atomic E-state index is 12.5. The quantitative estimate of drug-likeness (QED) is 0.797. The lowest BCUT2D eigenvalue weighted by atomic mass is 9.79. The van der Waals surface area contributed by atoms with Crippen LogP contribution < -0.4 is 0 Å². The van der Waals surface area contributed by atoms with E-state index in [2.05, 4.69) is 13.0 Å². The van der Waals surface area contributed by atoms with Gasteiger partial charge in [-0.2, -0.15) is 13.2 Å². The van der Waals surface area contributed by atoms with Crippen molar-refractivity contribution in [3.05, 3.63) is 21.4 Å². The van der Waals surface area contributed by atoms with Gasteiger partial charge in [0.15, 0.2) is 0 Å². The van der Waals surface area contributed by atoms with E-state index in [0.29, 0.717) is 6.54 Å². The highest BCUT2D eigenvalue weighted by molar-refractivity contribution is 7.12. The topological polar surface area (TPSA) is 12.5 Å². The predicted octanol–water partition coefficient (Wildman–Crippen LogP) is 4.52. The summed E-state index contributed by atoms with van der Waals surface area (Å²) >= 11 is 1.88. The van der Waals surface area contributed by atoms with Crippen molar-refractivity contribution in [1.29, 1.82) is 0 Å². The zero-order chi connectivity index (χ0) is 16.7. The number of hydrogen-bond acceptors (Lipinski definition) is 3. The molecule has 130 valence electrons. The van der Waals surface area contributed by atoms with Gasteiger partial charge >= 0.3 is 6.18 Å². The van der Waals surface area contributed by atoms with Crippen molar-refractivity contribution >= 4 is 11.3 Å². The molecule has 0 N–H and O–H groups in total. The number of fused-ring (bicyclic) bond motifs is 2. The van der Waals surface area contributed by atoms with E-state index < -0.39 is 12.6 Å². The molecule has 2 aliphatic heterocycles. The second kappa shape index (κ2) is 6.37. The van der Waals surface area contributed by atoms with Crippen LogP contribution in [-0.2, 0) is 23.2 Å². The second-order valence-electron chi connectivity index (χ2n) is 6.70. The molecular weight excluding hydrogens is 323 g/mol. The van der Waals surface area contributed by atoms with Crippen LogP contribution in [0.1, 0.15) is 48.4 Å². The molecule has 0 radical (unpaired) electrons. The number of rotatable bonds is 3. The van der Waals surface area contributed by atoms with Gasteiger partial charge in [-0.25, -0.2) is 0 Å². The Labute approximate surface area is 139 Å². The maximum Gasteiger partial charge on any atom is 0.390 e. The Bertz CT molecular complexity index is 557. The molecule has 23 heavy (non-hydrogen) atoms. The van der Waals surface area contributed by atoms with Crippen LogP contribution >= 0.6 is 11.3 Å². The molecule has 0 unspecified atom stereocenters. The fourth-order valence-electron chi connectivity index (χ4n) is 3.88. The van der Waals surface area contributed by atoms with E-state index in [4.69, 9.17) is 4.74 Å². The summed E-state index contributed by atoms with van der Waals surface area (Å²) in [6.45, 7) is 5.69. The number of ether oxygens (including phenoxy) is 1. The van der Waals surface area contributed by atoms with Crippen molar-refractivity contribution in [3.8, 4) is 0 Å². The SMILES string of the molecule is CCc1cc2c(s1)CCO[C@@]21CCN(CCC(F)(F)F)[C@@H](C)C1. The Kier molecular flexibility index (Phi) is 4.78. The molecule has 1 saturated heterocycles. The number of halogens is 3. The Hall–Kier alpha value is -0.590. The lowest BCUT2D eigenvalue weighted by molar-refractivity contribution is -0.147. The van der Waals surface area contributed by atoms with Crippen molar-refractivity contribution in [2.45, 2.75) is 63.8 Å². The summed E-state index contributed by atoms with van der Waals surface area (Å²) < 4.78 is 43.6. The van der Waals surface area contributed by atoms with Crippen LogP contribution in [0, 0.1) is 0 Å². The molecule has 3 heterocycles. The van der Waals surface area contributed by atoms with E-state index in [1.165, 1.54) is 15.3 Å². The summed E-state index contributed by atoms with van der Waals surface area (Å²) in [5, 5.41) is 0. The Morgan fingerprint density at radius 2 is 2.22 bits per heavy atom. The molecule has 2 nitrogen and oxygen atoms in total. The van der Waals surface area contributed by atoms with E-state index in [1.54, 1.807) is 0 Å². The largest absolute Gasteiger partial charge is 0.390 e. The highest BCUT2D eigenvalue weighted by Crippen LogP contribution is 2.46. The predicted molar refractivity (Wildman–Crippen MR) is 86.0 cm³/mol. The average Bonchev–Trinajstić information content (AvgIpc) is 2.90. The highest BCUT2D eigenvalue weighted by Gasteiger charge is 2.44. The first-order chi connectivity index (χ1) is 10.8. The number of hydrogen-bond donors (Lipinski definition) is 0. The first-order valence-corrected chi connectivity index (χ1v) is 9.21. The van der Waals surface area contributed by atoms with Crippen LogP contribution in [0.3, 0.4) is 0 Å². The Balaban J connectivity index is 1.73. The third-order valence-corrected chi connectivity index (χ3v) is 6.48. The van der Waals surface area contributed by atoms with Crippen LogP contribution in [0.4, 0.5) is 13.2 Å². The fraction of sp³-hybridized carbons (Fsp3) is 0.765. The minimum absolute atomic E-state index is 0.0947. The molecule has 1 aromatic heterocycles. The van der Waals surface area contributed by atoms with Crippen LogP contribution in [0.2, 0.25) is 0 Å². The third-order valence-electron chi connectivity index (χ3n) is 5.14. The van der Waals surface area contributed by atoms with Gasteiger partial charge in [0, 0.05) is 35.3 Å². The zero-order valence-corrected chi connectivity index (χ0v) is 14.5. The van der Waals surface area contributed by atoms with Crippen molar-refractivity contribution in [1.82, 2.24) is 4.90 Å². The maximum atomic E-state index is 12.5. The lowest BCUT2D eigenvalue weighted by Gasteiger charge is -2.47. The summed E-state index contributed by atoms with van der Waals surface area (Å²) in [6.07, 6.45) is -1.23. The number of thiophene rings is 1.